The van der Waals surface area contributed by atoms with Crippen LogP contribution in [0.15, 0.2) is 18.3 Å². The lowest BCUT2D eigenvalue weighted by atomic mass is 9.95. The van der Waals surface area contributed by atoms with Crippen molar-refractivity contribution in [2.24, 2.45) is 17.6 Å². The van der Waals surface area contributed by atoms with Crippen LogP contribution in [0.2, 0.25) is 0 Å². The van der Waals surface area contributed by atoms with Crippen molar-refractivity contribution < 1.29 is 9.18 Å². The topological polar surface area (TPSA) is 68.0 Å². The molecule has 0 bridgehead atoms. The first-order chi connectivity index (χ1) is 8.70. The van der Waals surface area contributed by atoms with E-state index < -0.39 is 0 Å². The van der Waals surface area contributed by atoms with Crippen molar-refractivity contribution in [1.29, 1.82) is 0 Å². The molecule has 0 spiro atoms. The maximum absolute atomic E-state index is 12.7. The molecule has 1 aromatic heterocycles. The molecule has 98 valence electrons. The van der Waals surface area contributed by atoms with E-state index in [1.165, 1.54) is 6.07 Å². The first kappa shape index (κ1) is 13.0. The summed E-state index contributed by atoms with van der Waals surface area (Å²) in [7, 11) is 0. The van der Waals surface area contributed by atoms with Gasteiger partial charge in [0.15, 0.2) is 0 Å². The summed E-state index contributed by atoms with van der Waals surface area (Å²) in [6.07, 6.45) is 4.16. The van der Waals surface area contributed by atoms with Gasteiger partial charge in [-0.15, -0.1) is 0 Å². The summed E-state index contributed by atoms with van der Waals surface area (Å²) in [6.45, 7) is 0.903. The molecule has 3 N–H and O–H groups in total. The lowest BCUT2D eigenvalue weighted by Crippen LogP contribution is -2.34. The van der Waals surface area contributed by atoms with E-state index in [0.29, 0.717) is 24.7 Å². The summed E-state index contributed by atoms with van der Waals surface area (Å²) in [5.74, 6) is -0.0141. The largest absolute Gasteiger partial charge is 0.350 e. The molecule has 2 atom stereocenters. The molecule has 1 aliphatic rings. The zero-order valence-corrected chi connectivity index (χ0v) is 10.2. The average Bonchev–Trinajstić information content (AvgIpc) is 2.86. The minimum atomic E-state index is -0.371. The molecule has 1 aromatic rings. The molecular weight excluding hydrogens is 233 g/mol. The smallest absolute Gasteiger partial charge is 0.223 e. The van der Waals surface area contributed by atoms with Gasteiger partial charge in [0, 0.05) is 5.92 Å². The van der Waals surface area contributed by atoms with Gasteiger partial charge < -0.3 is 11.1 Å². The van der Waals surface area contributed by atoms with Gasteiger partial charge in [0.25, 0.3) is 0 Å². The highest BCUT2D eigenvalue weighted by atomic mass is 19.1. The van der Waals surface area contributed by atoms with E-state index >= 15 is 0 Å². The first-order valence-corrected chi connectivity index (χ1v) is 6.29. The Morgan fingerprint density at radius 3 is 3.00 bits per heavy atom. The molecule has 1 amide bonds. The molecule has 1 fully saturated rings. The molecular formula is C13H18FN3O. The molecule has 0 unspecified atom stereocenters. The predicted molar refractivity (Wildman–Crippen MR) is 65.9 cm³/mol. The fourth-order valence-electron chi connectivity index (χ4n) is 2.48. The van der Waals surface area contributed by atoms with E-state index in [2.05, 4.69) is 10.3 Å². The molecule has 1 heterocycles. The van der Waals surface area contributed by atoms with E-state index in [1.807, 2.05) is 0 Å². The number of hydrogen-bond acceptors (Lipinski definition) is 3. The van der Waals surface area contributed by atoms with Crippen LogP contribution in [0, 0.1) is 17.7 Å². The van der Waals surface area contributed by atoms with Crippen LogP contribution in [0.3, 0.4) is 0 Å². The summed E-state index contributed by atoms with van der Waals surface area (Å²) in [5.41, 5.74) is 6.31. The van der Waals surface area contributed by atoms with Crippen LogP contribution in [-0.2, 0) is 11.3 Å². The number of pyridine rings is 1. The number of nitrogens with zero attached hydrogens (tertiary/aromatic N) is 1. The number of carbonyl (C=O) groups is 1. The summed E-state index contributed by atoms with van der Waals surface area (Å²) in [4.78, 5) is 15.9. The SMILES string of the molecule is NC[C@H]1CCC[C@H]1C(=O)NCc1ccc(F)cn1. The Labute approximate surface area is 106 Å². The number of hydrogen-bond donors (Lipinski definition) is 2. The van der Waals surface area contributed by atoms with Crippen molar-refractivity contribution in [2.75, 3.05) is 6.54 Å². The standard InChI is InChI=1S/C13H18FN3O/c14-10-4-5-11(16-7-10)8-17-13(18)12-3-1-2-9(12)6-15/h4-5,7,9,12H,1-3,6,8,15H2,(H,17,18)/t9-,12-/m1/s1. The Hall–Kier alpha value is -1.49. The third kappa shape index (κ3) is 3.04. The highest BCUT2D eigenvalue weighted by molar-refractivity contribution is 5.79. The van der Waals surface area contributed by atoms with Gasteiger partial charge in [-0.2, -0.15) is 0 Å². The second kappa shape index (κ2) is 5.91. The van der Waals surface area contributed by atoms with Crippen molar-refractivity contribution in [3.05, 3.63) is 29.8 Å². The molecule has 18 heavy (non-hydrogen) atoms. The minimum absolute atomic E-state index is 0.0236. The van der Waals surface area contributed by atoms with E-state index in [0.717, 1.165) is 25.5 Å². The third-order valence-corrected chi connectivity index (χ3v) is 3.53. The summed E-state index contributed by atoms with van der Waals surface area (Å²) < 4.78 is 12.7. The summed E-state index contributed by atoms with van der Waals surface area (Å²) >= 11 is 0. The maximum atomic E-state index is 12.7. The first-order valence-electron chi connectivity index (χ1n) is 6.29. The van der Waals surface area contributed by atoms with Crippen molar-refractivity contribution in [3.63, 3.8) is 0 Å². The molecule has 0 aromatic carbocycles. The zero-order chi connectivity index (χ0) is 13.0. The van der Waals surface area contributed by atoms with Crippen molar-refractivity contribution in [2.45, 2.75) is 25.8 Å². The van der Waals surface area contributed by atoms with Crippen LogP contribution in [0.25, 0.3) is 0 Å². The van der Waals surface area contributed by atoms with E-state index in [9.17, 15) is 9.18 Å². The van der Waals surface area contributed by atoms with E-state index in [1.54, 1.807) is 6.07 Å². The molecule has 1 saturated carbocycles. The lowest BCUT2D eigenvalue weighted by Gasteiger charge is -2.17. The molecule has 0 aliphatic heterocycles. The van der Waals surface area contributed by atoms with Crippen LogP contribution in [0.5, 0.6) is 0 Å². The number of rotatable bonds is 4. The maximum Gasteiger partial charge on any atom is 0.223 e. The van der Waals surface area contributed by atoms with Crippen LogP contribution in [0.1, 0.15) is 25.0 Å². The number of halogens is 1. The molecule has 2 rings (SSSR count). The molecule has 1 aliphatic carbocycles. The lowest BCUT2D eigenvalue weighted by molar-refractivity contribution is -0.126. The zero-order valence-electron chi connectivity index (χ0n) is 10.2. The third-order valence-electron chi connectivity index (χ3n) is 3.53. The number of aromatic nitrogens is 1. The van der Waals surface area contributed by atoms with Crippen molar-refractivity contribution in [3.8, 4) is 0 Å². The van der Waals surface area contributed by atoms with Crippen molar-refractivity contribution in [1.82, 2.24) is 10.3 Å². The second-order valence-electron chi connectivity index (χ2n) is 4.72. The molecule has 0 radical (unpaired) electrons. The molecule has 0 saturated heterocycles. The Kier molecular flexibility index (Phi) is 4.25. The molecule has 5 heteroatoms. The highest BCUT2D eigenvalue weighted by Gasteiger charge is 2.31. The van der Waals surface area contributed by atoms with Gasteiger partial charge in [0.2, 0.25) is 5.91 Å². The number of carbonyl (C=O) groups excluding carboxylic acids is 1. The number of nitrogens with one attached hydrogen (secondary N) is 1. The normalized spacial score (nSPS) is 23.0. The van der Waals surface area contributed by atoms with Crippen LogP contribution < -0.4 is 11.1 Å². The Bertz CT molecular complexity index is 407. The van der Waals surface area contributed by atoms with Gasteiger partial charge in [-0.1, -0.05) is 6.42 Å². The Morgan fingerprint density at radius 2 is 2.33 bits per heavy atom. The van der Waals surface area contributed by atoms with Gasteiger partial charge >= 0.3 is 0 Å². The Morgan fingerprint density at radius 1 is 1.50 bits per heavy atom. The second-order valence-corrected chi connectivity index (χ2v) is 4.72. The summed E-state index contributed by atoms with van der Waals surface area (Å²) in [5, 5.41) is 2.85. The van der Waals surface area contributed by atoms with Gasteiger partial charge in [0.05, 0.1) is 18.4 Å². The molecule has 4 nitrogen and oxygen atoms in total. The van der Waals surface area contributed by atoms with Gasteiger partial charge in [-0.25, -0.2) is 4.39 Å². The van der Waals surface area contributed by atoms with E-state index in [4.69, 9.17) is 5.73 Å². The number of amides is 1. The summed E-state index contributed by atoms with van der Waals surface area (Å²) in [6, 6.07) is 2.91. The minimum Gasteiger partial charge on any atom is -0.350 e. The highest BCUT2D eigenvalue weighted by Crippen LogP contribution is 2.30. The Balaban J connectivity index is 1.86. The quantitative estimate of drug-likeness (QED) is 0.845. The van der Waals surface area contributed by atoms with Crippen molar-refractivity contribution >= 4 is 5.91 Å². The number of nitrogens with two attached hydrogens (primary N) is 1. The van der Waals surface area contributed by atoms with Gasteiger partial charge in [-0.05, 0) is 37.4 Å². The fourth-order valence-corrected chi connectivity index (χ4v) is 2.48. The van der Waals surface area contributed by atoms with Crippen LogP contribution in [-0.4, -0.2) is 17.4 Å². The average molecular weight is 251 g/mol. The monoisotopic (exact) mass is 251 g/mol. The van der Waals surface area contributed by atoms with Crippen LogP contribution >= 0.6 is 0 Å². The predicted octanol–water partition coefficient (Wildman–Crippen LogP) is 1.21. The van der Waals surface area contributed by atoms with E-state index in [-0.39, 0.29) is 17.6 Å². The van der Waals surface area contributed by atoms with Gasteiger partial charge in [0.1, 0.15) is 5.82 Å². The van der Waals surface area contributed by atoms with Gasteiger partial charge in [-0.3, -0.25) is 9.78 Å². The van der Waals surface area contributed by atoms with Crippen LogP contribution in [0.4, 0.5) is 4.39 Å². The fraction of sp³-hybridized carbons (Fsp3) is 0.538.